The van der Waals surface area contributed by atoms with Crippen molar-refractivity contribution in [1.82, 2.24) is 5.32 Å². The van der Waals surface area contributed by atoms with E-state index >= 15 is 0 Å². The van der Waals surface area contributed by atoms with Crippen molar-refractivity contribution in [1.29, 1.82) is 0 Å². The monoisotopic (exact) mass is 620 g/mol. The van der Waals surface area contributed by atoms with Crippen LogP contribution in [0.2, 0.25) is 0 Å². The number of ether oxygens (including phenoxy) is 3. The van der Waals surface area contributed by atoms with Gasteiger partial charge in [0.05, 0.1) is 56.9 Å². The minimum Gasteiger partial charge on any atom is -0.465 e. The molecule has 0 aliphatic heterocycles. The van der Waals surface area contributed by atoms with Crippen LogP contribution in [0.1, 0.15) is 50.6 Å². The standard InChI is InChI=1S/C34H37FN2O6S/c1-36-33(38)31-28-20-27(23-8-9-23)29(21-30(28)43-32(31)24-10-12-26(35)13-11-24)37(44-3)15-17-42-19-18-41-16-14-22-4-6-25(7-5-22)34(39)40-2/h4-7,10-13,20-21,23H,8-9,14-19H2,1-3H3,(H,36,38). The normalized spacial score (nSPS) is 12.8. The van der Waals surface area contributed by atoms with E-state index < -0.39 is 0 Å². The van der Waals surface area contributed by atoms with Crippen LogP contribution in [0.25, 0.3) is 22.3 Å². The molecule has 44 heavy (non-hydrogen) atoms. The number of anilines is 1. The first-order valence-corrected chi connectivity index (χ1v) is 15.8. The van der Waals surface area contributed by atoms with Crippen molar-refractivity contribution >= 4 is 40.5 Å². The number of esters is 1. The largest absolute Gasteiger partial charge is 0.465 e. The summed E-state index contributed by atoms with van der Waals surface area (Å²) in [6, 6.07) is 17.4. The van der Waals surface area contributed by atoms with Crippen molar-refractivity contribution in [2.45, 2.75) is 25.2 Å². The molecule has 1 aliphatic carbocycles. The van der Waals surface area contributed by atoms with Crippen LogP contribution in [-0.4, -0.2) is 65.3 Å². The van der Waals surface area contributed by atoms with Crippen molar-refractivity contribution in [3.05, 3.63) is 88.7 Å². The van der Waals surface area contributed by atoms with Crippen molar-refractivity contribution in [2.75, 3.05) is 57.7 Å². The Morgan fingerprint density at radius 2 is 1.70 bits per heavy atom. The maximum Gasteiger partial charge on any atom is 0.337 e. The van der Waals surface area contributed by atoms with Crippen LogP contribution in [0, 0.1) is 5.82 Å². The van der Waals surface area contributed by atoms with E-state index in [2.05, 4.69) is 15.7 Å². The van der Waals surface area contributed by atoms with Gasteiger partial charge in [-0.15, -0.1) is 0 Å². The lowest BCUT2D eigenvalue weighted by Crippen LogP contribution is -2.22. The van der Waals surface area contributed by atoms with Gasteiger partial charge in [0.15, 0.2) is 0 Å². The number of methoxy groups -OCH3 is 1. The second-order valence-corrected chi connectivity index (χ2v) is 11.3. The molecular weight excluding hydrogens is 583 g/mol. The highest BCUT2D eigenvalue weighted by atomic mass is 32.2. The Hall–Kier alpha value is -3.86. The average molecular weight is 621 g/mol. The van der Waals surface area contributed by atoms with E-state index in [9.17, 15) is 14.0 Å². The molecule has 0 saturated heterocycles. The summed E-state index contributed by atoms with van der Waals surface area (Å²) < 4.78 is 38.5. The van der Waals surface area contributed by atoms with E-state index in [1.54, 1.807) is 43.3 Å². The first-order valence-electron chi connectivity index (χ1n) is 14.7. The summed E-state index contributed by atoms with van der Waals surface area (Å²) in [7, 11) is 2.96. The molecule has 5 rings (SSSR count). The van der Waals surface area contributed by atoms with E-state index in [1.165, 1.54) is 24.8 Å². The van der Waals surface area contributed by atoms with Gasteiger partial charge in [-0.2, -0.15) is 0 Å². The summed E-state index contributed by atoms with van der Waals surface area (Å²) in [6.07, 6.45) is 4.97. The second-order valence-electron chi connectivity index (χ2n) is 10.5. The molecule has 0 unspecified atom stereocenters. The van der Waals surface area contributed by atoms with Gasteiger partial charge in [0, 0.05) is 30.3 Å². The summed E-state index contributed by atoms with van der Waals surface area (Å²) >= 11 is 1.61. The molecule has 0 radical (unpaired) electrons. The summed E-state index contributed by atoms with van der Waals surface area (Å²) in [4.78, 5) is 24.6. The van der Waals surface area contributed by atoms with Crippen LogP contribution in [0.3, 0.4) is 0 Å². The summed E-state index contributed by atoms with van der Waals surface area (Å²) in [5.41, 5.74) is 5.56. The highest BCUT2D eigenvalue weighted by Gasteiger charge is 2.31. The van der Waals surface area contributed by atoms with Gasteiger partial charge < -0.3 is 28.2 Å². The predicted octanol–water partition coefficient (Wildman–Crippen LogP) is 6.62. The van der Waals surface area contributed by atoms with Crippen LogP contribution in [0.4, 0.5) is 10.1 Å². The highest BCUT2D eigenvalue weighted by molar-refractivity contribution is 7.99. The Kier molecular flexibility index (Phi) is 10.6. The highest BCUT2D eigenvalue weighted by Crippen LogP contribution is 2.48. The molecule has 1 N–H and O–H groups in total. The summed E-state index contributed by atoms with van der Waals surface area (Å²) in [6.45, 7) is 2.70. The van der Waals surface area contributed by atoms with E-state index in [-0.39, 0.29) is 17.7 Å². The average Bonchev–Trinajstić information content (AvgIpc) is 3.83. The van der Waals surface area contributed by atoms with Gasteiger partial charge in [0.2, 0.25) is 0 Å². The number of nitrogens with zero attached hydrogens (tertiary/aromatic N) is 1. The SMILES string of the molecule is CNC(=O)c1c(-c2ccc(F)cc2)oc2cc(N(CCOCCOCCc3ccc(C(=O)OC)cc3)SC)c(C3CC3)cc12. The molecule has 1 amide bonds. The number of furan rings is 1. The van der Waals surface area contributed by atoms with Crippen LogP contribution in [0.5, 0.6) is 0 Å². The first-order chi connectivity index (χ1) is 21.4. The molecule has 1 aliphatic rings. The fourth-order valence-corrected chi connectivity index (χ4v) is 5.75. The number of halogens is 1. The molecule has 8 nitrogen and oxygen atoms in total. The Bertz CT molecular complexity index is 1580. The third-order valence-electron chi connectivity index (χ3n) is 7.62. The molecule has 1 fully saturated rings. The summed E-state index contributed by atoms with van der Waals surface area (Å²) in [5, 5.41) is 3.49. The maximum absolute atomic E-state index is 13.6. The molecule has 0 spiro atoms. The predicted molar refractivity (Wildman–Crippen MR) is 171 cm³/mol. The maximum atomic E-state index is 13.6. The second kappa shape index (κ2) is 14.7. The lowest BCUT2D eigenvalue weighted by atomic mass is 10.0. The Balaban J connectivity index is 1.20. The number of carbonyl (C=O) groups is 2. The van der Waals surface area contributed by atoms with Crippen LogP contribution >= 0.6 is 11.9 Å². The minimum atomic E-state index is -0.349. The van der Waals surface area contributed by atoms with E-state index in [1.807, 2.05) is 24.5 Å². The van der Waals surface area contributed by atoms with Crippen LogP contribution < -0.4 is 9.62 Å². The lowest BCUT2D eigenvalue weighted by molar-refractivity contribution is 0.0522. The minimum absolute atomic E-state index is 0.244. The van der Waals surface area contributed by atoms with Gasteiger partial charge in [-0.3, -0.25) is 4.79 Å². The molecule has 4 aromatic rings. The topological polar surface area (TPSA) is 90.2 Å². The van der Waals surface area contributed by atoms with Crippen molar-refractivity contribution < 1.29 is 32.6 Å². The molecule has 3 aromatic carbocycles. The van der Waals surface area contributed by atoms with Gasteiger partial charge in [-0.25, -0.2) is 9.18 Å². The Labute approximate surface area is 261 Å². The number of carbonyl (C=O) groups excluding carboxylic acids is 2. The molecule has 1 saturated carbocycles. The molecule has 232 valence electrons. The number of hydrogen-bond donors (Lipinski definition) is 1. The molecule has 0 bridgehead atoms. The van der Waals surface area contributed by atoms with Gasteiger partial charge >= 0.3 is 5.97 Å². The van der Waals surface area contributed by atoms with Gasteiger partial charge in [-0.1, -0.05) is 24.1 Å². The van der Waals surface area contributed by atoms with Gasteiger partial charge in [-0.05, 0) is 78.8 Å². The zero-order valence-corrected chi connectivity index (χ0v) is 26.0. The Morgan fingerprint density at radius 1 is 1.00 bits per heavy atom. The third-order valence-corrected chi connectivity index (χ3v) is 8.44. The zero-order chi connectivity index (χ0) is 31.1. The number of benzene rings is 3. The molecule has 0 atom stereocenters. The number of fused-ring (bicyclic) bond motifs is 1. The molecule has 1 heterocycles. The quantitative estimate of drug-likeness (QED) is 0.0901. The van der Waals surface area contributed by atoms with Crippen molar-refractivity contribution in [2.24, 2.45) is 0 Å². The van der Waals surface area contributed by atoms with Gasteiger partial charge in [0.25, 0.3) is 5.91 Å². The number of hydrogen-bond acceptors (Lipinski definition) is 8. The molecule has 10 heteroatoms. The fraction of sp³-hybridized carbons (Fsp3) is 0.353. The molecule has 1 aromatic heterocycles. The van der Waals surface area contributed by atoms with E-state index in [0.717, 1.165) is 35.9 Å². The third kappa shape index (κ3) is 7.43. The number of rotatable bonds is 15. The number of amides is 1. The van der Waals surface area contributed by atoms with Crippen molar-refractivity contribution in [3.63, 3.8) is 0 Å². The first kappa shape index (κ1) is 31.6. The fourth-order valence-electron chi connectivity index (χ4n) is 5.14. The van der Waals surface area contributed by atoms with Crippen LogP contribution in [0.15, 0.2) is 65.1 Å². The zero-order valence-electron chi connectivity index (χ0n) is 25.2. The smallest absolute Gasteiger partial charge is 0.337 e. The lowest BCUT2D eigenvalue weighted by Gasteiger charge is -2.24. The van der Waals surface area contributed by atoms with E-state index in [4.69, 9.17) is 18.6 Å². The van der Waals surface area contributed by atoms with Crippen molar-refractivity contribution in [3.8, 4) is 11.3 Å². The summed E-state index contributed by atoms with van der Waals surface area (Å²) in [5.74, 6) is -0.0852. The van der Waals surface area contributed by atoms with Crippen LogP contribution in [-0.2, 0) is 20.6 Å². The van der Waals surface area contributed by atoms with Gasteiger partial charge in [0.1, 0.15) is 17.2 Å². The van der Waals surface area contributed by atoms with E-state index in [0.29, 0.717) is 66.9 Å². The number of nitrogens with one attached hydrogen (secondary N) is 1. The molecular formula is C34H37FN2O6S. The Morgan fingerprint density at radius 3 is 2.34 bits per heavy atom.